The summed E-state index contributed by atoms with van der Waals surface area (Å²) in [5.74, 6) is 0.508. The number of carbonyl (C=O) groups excluding carboxylic acids is 1. The van der Waals surface area contributed by atoms with E-state index in [0.717, 1.165) is 15.4 Å². The van der Waals surface area contributed by atoms with E-state index in [2.05, 4.69) is 26.3 Å². The predicted molar refractivity (Wildman–Crippen MR) is 72.6 cm³/mol. The first-order valence-corrected chi connectivity index (χ1v) is 6.36. The second kappa shape index (κ2) is 5.39. The van der Waals surface area contributed by atoms with Crippen molar-refractivity contribution < 1.29 is 9.53 Å². The van der Waals surface area contributed by atoms with Crippen LogP contribution in [0.5, 0.6) is 5.88 Å². The molecule has 0 aliphatic rings. The fraction of sp³-hybridized carbons (Fsp3) is 0.333. The summed E-state index contributed by atoms with van der Waals surface area (Å²) < 4.78 is 8.29. The Hall–Kier alpha value is -1.56. The second-order valence-corrected chi connectivity index (χ2v) is 4.78. The molecule has 0 atom stereocenters. The summed E-state index contributed by atoms with van der Waals surface area (Å²) in [6.45, 7) is 0.318. The van der Waals surface area contributed by atoms with Crippen molar-refractivity contribution in [1.29, 1.82) is 0 Å². The molecule has 96 valence electrons. The standard InChI is InChI=1S/C12H14BrN3O2/c1-14-11(17)5-6-18-12-9-7-8(13)3-4-10(9)16(2)15-12/h3-4,7H,5-6H2,1-2H3,(H,14,17). The molecular weight excluding hydrogens is 298 g/mol. The van der Waals surface area contributed by atoms with E-state index in [4.69, 9.17) is 4.74 Å². The third kappa shape index (κ3) is 2.64. The number of nitrogens with zero attached hydrogens (tertiary/aromatic N) is 2. The van der Waals surface area contributed by atoms with Crippen LogP contribution in [0.4, 0.5) is 0 Å². The van der Waals surface area contributed by atoms with Crippen LogP contribution in [0.15, 0.2) is 22.7 Å². The molecule has 1 heterocycles. The van der Waals surface area contributed by atoms with Crippen LogP contribution in [0.3, 0.4) is 0 Å². The maximum atomic E-state index is 11.1. The molecule has 0 unspecified atom stereocenters. The van der Waals surface area contributed by atoms with E-state index in [9.17, 15) is 4.79 Å². The molecule has 1 amide bonds. The molecular formula is C12H14BrN3O2. The molecule has 0 aliphatic carbocycles. The van der Waals surface area contributed by atoms with Crippen molar-refractivity contribution in [3.8, 4) is 5.88 Å². The summed E-state index contributed by atoms with van der Waals surface area (Å²) in [4.78, 5) is 11.1. The molecule has 0 saturated carbocycles. The van der Waals surface area contributed by atoms with Gasteiger partial charge in [0.1, 0.15) is 0 Å². The number of halogens is 1. The largest absolute Gasteiger partial charge is 0.476 e. The quantitative estimate of drug-likeness (QED) is 0.937. The Morgan fingerprint density at radius 2 is 2.33 bits per heavy atom. The van der Waals surface area contributed by atoms with Gasteiger partial charge in [0.15, 0.2) is 0 Å². The first-order chi connectivity index (χ1) is 8.61. The van der Waals surface area contributed by atoms with Crippen LogP contribution in [0.2, 0.25) is 0 Å². The lowest BCUT2D eigenvalue weighted by Gasteiger charge is -2.02. The van der Waals surface area contributed by atoms with Crippen LogP contribution < -0.4 is 10.1 Å². The Kier molecular flexibility index (Phi) is 3.86. The van der Waals surface area contributed by atoms with Gasteiger partial charge in [0, 0.05) is 18.6 Å². The fourth-order valence-electron chi connectivity index (χ4n) is 1.68. The molecule has 1 aromatic carbocycles. The normalized spacial score (nSPS) is 10.6. The number of rotatable bonds is 4. The molecule has 0 aliphatic heterocycles. The van der Waals surface area contributed by atoms with Gasteiger partial charge in [-0.2, -0.15) is 0 Å². The van der Waals surface area contributed by atoms with E-state index in [1.807, 2.05) is 25.2 Å². The topological polar surface area (TPSA) is 56.1 Å². The maximum Gasteiger partial charge on any atom is 0.240 e. The number of aryl methyl sites for hydroxylation is 1. The average molecular weight is 312 g/mol. The summed E-state index contributed by atoms with van der Waals surface area (Å²) in [5, 5.41) is 7.78. The Morgan fingerprint density at radius 3 is 3.06 bits per heavy atom. The predicted octanol–water partition coefficient (Wildman–Crippen LogP) is 1.85. The van der Waals surface area contributed by atoms with E-state index in [-0.39, 0.29) is 5.91 Å². The van der Waals surface area contributed by atoms with E-state index in [1.54, 1.807) is 11.7 Å². The highest BCUT2D eigenvalue weighted by Gasteiger charge is 2.10. The summed E-state index contributed by atoms with van der Waals surface area (Å²) >= 11 is 3.42. The zero-order chi connectivity index (χ0) is 13.1. The number of hydrogen-bond donors (Lipinski definition) is 1. The van der Waals surface area contributed by atoms with Gasteiger partial charge in [-0.1, -0.05) is 15.9 Å². The number of benzene rings is 1. The summed E-state index contributed by atoms with van der Waals surface area (Å²) in [6.07, 6.45) is 0.322. The molecule has 6 heteroatoms. The number of amides is 1. The average Bonchev–Trinajstić information content (AvgIpc) is 2.65. The minimum atomic E-state index is -0.0450. The van der Waals surface area contributed by atoms with Crippen molar-refractivity contribution in [3.63, 3.8) is 0 Å². The Bertz CT molecular complexity index is 580. The van der Waals surface area contributed by atoms with Crippen LogP contribution in [0.1, 0.15) is 6.42 Å². The Balaban J connectivity index is 2.18. The highest BCUT2D eigenvalue weighted by atomic mass is 79.9. The molecule has 0 bridgehead atoms. The van der Waals surface area contributed by atoms with Crippen LogP contribution >= 0.6 is 15.9 Å². The third-order valence-electron chi connectivity index (χ3n) is 2.63. The first-order valence-electron chi connectivity index (χ1n) is 5.57. The van der Waals surface area contributed by atoms with E-state index >= 15 is 0 Å². The molecule has 5 nitrogen and oxygen atoms in total. The highest BCUT2D eigenvalue weighted by molar-refractivity contribution is 9.10. The molecule has 0 spiro atoms. The van der Waals surface area contributed by atoms with Crippen molar-refractivity contribution in [1.82, 2.24) is 15.1 Å². The van der Waals surface area contributed by atoms with E-state index in [1.165, 1.54) is 0 Å². The number of aromatic nitrogens is 2. The van der Waals surface area contributed by atoms with Crippen molar-refractivity contribution in [2.75, 3.05) is 13.7 Å². The second-order valence-electron chi connectivity index (χ2n) is 3.86. The van der Waals surface area contributed by atoms with Gasteiger partial charge < -0.3 is 10.1 Å². The summed E-state index contributed by atoms with van der Waals surface area (Å²) in [6, 6.07) is 5.88. The van der Waals surface area contributed by atoms with E-state index < -0.39 is 0 Å². The highest BCUT2D eigenvalue weighted by Crippen LogP contribution is 2.27. The van der Waals surface area contributed by atoms with Gasteiger partial charge in [-0.05, 0) is 18.2 Å². The van der Waals surface area contributed by atoms with Crippen LogP contribution in [-0.2, 0) is 11.8 Å². The molecule has 2 rings (SSSR count). The van der Waals surface area contributed by atoms with Crippen molar-refractivity contribution in [3.05, 3.63) is 22.7 Å². The third-order valence-corrected chi connectivity index (χ3v) is 3.12. The van der Waals surface area contributed by atoms with Gasteiger partial charge in [-0.25, -0.2) is 0 Å². The van der Waals surface area contributed by atoms with Crippen LogP contribution in [-0.4, -0.2) is 29.3 Å². The zero-order valence-electron chi connectivity index (χ0n) is 10.2. The number of fused-ring (bicyclic) bond motifs is 1. The minimum absolute atomic E-state index is 0.0450. The van der Waals surface area contributed by atoms with Gasteiger partial charge in [-0.15, -0.1) is 5.10 Å². The number of ether oxygens (including phenoxy) is 1. The molecule has 0 radical (unpaired) electrons. The van der Waals surface area contributed by atoms with Crippen molar-refractivity contribution in [2.24, 2.45) is 7.05 Å². The molecule has 18 heavy (non-hydrogen) atoms. The lowest BCUT2D eigenvalue weighted by molar-refractivity contribution is -0.121. The van der Waals surface area contributed by atoms with Gasteiger partial charge in [0.05, 0.1) is 23.9 Å². The number of hydrogen-bond acceptors (Lipinski definition) is 3. The lowest BCUT2D eigenvalue weighted by Crippen LogP contribution is -2.20. The van der Waals surface area contributed by atoms with Crippen LogP contribution in [0, 0.1) is 0 Å². The zero-order valence-corrected chi connectivity index (χ0v) is 11.8. The maximum absolute atomic E-state index is 11.1. The monoisotopic (exact) mass is 311 g/mol. The first kappa shape index (κ1) is 12.9. The Labute approximate surface area is 113 Å². The molecule has 2 aromatic rings. The molecule has 0 saturated heterocycles. The van der Waals surface area contributed by atoms with Crippen molar-refractivity contribution in [2.45, 2.75) is 6.42 Å². The van der Waals surface area contributed by atoms with Gasteiger partial charge >= 0.3 is 0 Å². The number of carbonyl (C=O) groups is 1. The number of nitrogens with one attached hydrogen (secondary N) is 1. The minimum Gasteiger partial charge on any atom is -0.476 e. The lowest BCUT2D eigenvalue weighted by atomic mass is 10.2. The molecule has 1 aromatic heterocycles. The molecule has 0 fully saturated rings. The smallest absolute Gasteiger partial charge is 0.240 e. The fourth-order valence-corrected chi connectivity index (χ4v) is 2.04. The van der Waals surface area contributed by atoms with Gasteiger partial charge in [0.2, 0.25) is 11.8 Å². The van der Waals surface area contributed by atoms with Crippen molar-refractivity contribution >= 4 is 32.7 Å². The summed E-state index contributed by atoms with van der Waals surface area (Å²) in [7, 11) is 3.47. The summed E-state index contributed by atoms with van der Waals surface area (Å²) in [5.41, 5.74) is 0.994. The van der Waals surface area contributed by atoms with Gasteiger partial charge in [0.25, 0.3) is 0 Å². The van der Waals surface area contributed by atoms with Gasteiger partial charge in [-0.3, -0.25) is 9.48 Å². The SMILES string of the molecule is CNC(=O)CCOc1nn(C)c2ccc(Br)cc12. The Morgan fingerprint density at radius 1 is 1.56 bits per heavy atom. The molecule has 1 N–H and O–H groups in total. The van der Waals surface area contributed by atoms with Crippen LogP contribution in [0.25, 0.3) is 10.9 Å². The van der Waals surface area contributed by atoms with E-state index in [0.29, 0.717) is 18.9 Å².